The van der Waals surface area contributed by atoms with Crippen molar-refractivity contribution in [3.8, 4) is 11.5 Å². The summed E-state index contributed by atoms with van der Waals surface area (Å²) >= 11 is 0. The van der Waals surface area contributed by atoms with Crippen LogP contribution >= 0.6 is 0 Å². The van der Waals surface area contributed by atoms with Crippen LogP contribution in [0.1, 0.15) is 50.0 Å². The molecule has 0 radical (unpaired) electrons. The molecule has 0 aromatic heterocycles. The lowest BCUT2D eigenvalue weighted by Gasteiger charge is -2.33. The molecular formula is C26H32F3NO5. The third-order valence-electron chi connectivity index (χ3n) is 5.35. The van der Waals surface area contributed by atoms with Gasteiger partial charge in [-0.3, -0.25) is 9.69 Å². The van der Waals surface area contributed by atoms with E-state index in [9.17, 15) is 18.0 Å². The molecule has 1 aliphatic rings. The highest BCUT2D eigenvalue weighted by Crippen LogP contribution is 2.29. The Hall–Kier alpha value is -2.78. The lowest BCUT2D eigenvalue weighted by Crippen LogP contribution is -2.40. The molecule has 1 aliphatic heterocycles. The smallest absolute Gasteiger partial charge is 0.489 e. The summed E-state index contributed by atoms with van der Waals surface area (Å²) in [6, 6.07) is 11.3. The molecule has 1 fully saturated rings. The SMILES string of the molecule is Cc1cc(OCc2ccc(OC(F)(F)F)cc2)ccc1C1CN(CCC(=O)OC(C)(C)C)CCO1. The van der Waals surface area contributed by atoms with E-state index < -0.39 is 12.0 Å². The van der Waals surface area contributed by atoms with E-state index in [2.05, 4.69) is 9.64 Å². The van der Waals surface area contributed by atoms with Gasteiger partial charge in [0.05, 0.1) is 19.1 Å². The van der Waals surface area contributed by atoms with Crippen LogP contribution in [0.4, 0.5) is 13.2 Å². The molecule has 0 saturated carbocycles. The number of ether oxygens (including phenoxy) is 4. The largest absolute Gasteiger partial charge is 0.573 e. The lowest BCUT2D eigenvalue weighted by atomic mass is 10.0. The van der Waals surface area contributed by atoms with Gasteiger partial charge in [-0.15, -0.1) is 13.2 Å². The number of esters is 1. The Bertz CT molecular complexity index is 986. The van der Waals surface area contributed by atoms with E-state index in [0.29, 0.717) is 31.9 Å². The fourth-order valence-corrected chi connectivity index (χ4v) is 3.79. The molecule has 9 heteroatoms. The molecule has 35 heavy (non-hydrogen) atoms. The molecule has 0 aliphatic carbocycles. The number of benzene rings is 2. The predicted molar refractivity (Wildman–Crippen MR) is 124 cm³/mol. The molecule has 0 spiro atoms. The molecule has 192 valence electrons. The summed E-state index contributed by atoms with van der Waals surface area (Å²) in [6.45, 7) is 10.4. The first-order valence-corrected chi connectivity index (χ1v) is 11.5. The van der Waals surface area contributed by atoms with E-state index in [1.54, 1.807) is 0 Å². The maximum Gasteiger partial charge on any atom is 0.573 e. The van der Waals surface area contributed by atoms with Crippen LogP contribution in [0, 0.1) is 6.92 Å². The summed E-state index contributed by atoms with van der Waals surface area (Å²) in [4.78, 5) is 14.2. The summed E-state index contributed by atoms with van der Waals surface area (Å²) in [5.41, 5.74) is 2.29. The van der Waals surface area contributed by atoms with Crippen molar-refractivity contribution < 1.29 is 36.9 Å². The van der Waals surface area contributed by atoms with Crippen LogP contribution in [0.5, 0.6) is 11.5 Å². The minimum Gasteiger partial charge on any atom is -0.489 e. The van der Waals surface area contributed by atoms with E-state index in [4.69, 9.17) is 14.2 Å². The lowest BCUT2D eigenvalue weighted by molar-refractivity contribution is -0.274. The van der Waals surface area contributed by atoms with Crippen molar-refractivity contribution in [3.05, 3.63) is 59.2 Å². The molecular weight excluding hydrogens is 463 g/mol. The number of nitrogens with zero attached hydrogens (tertiary/aromatic N) is 1. The van der Waals surface area contributed by atoms with Crippen LogP contribution in [0.25, 0.3) is 0 Å². The zero-order chi connectivity index (χ0) is 25.6. The quantitative estimate of drug-likeness (QED) is 0.446. The Labute approximate surface area is 203 Å². The topological polar surface area (TPSA) is 57.2 Å². The zero-order valence-corrected chi connectivity index (χ0v) is 20.5. The van der Waals surface area contributed by atoms with E-state index in [-0.39, 0.29) is 24.4 Å². The van der Waals surface area contributed by atoms with Gasteiger partial charge in [0.2, 0.25) is 0 Å². The van der Waals surface area contributed by atoms with E-state index >= 15 is 0 Å². The third-order valence-corrected chi connectivity index (χ3v) is 5.35. The van der Waals surface area contributed by atoms with Gasteiger partial charge in [0.25, 0.3) is 0 Å². The summed E-state index contributed by atoms with van der Waals surface area (Å²) in [5.74, 6) is 0.175. The van der Waals surface area contributed by atoms with Crippen molar-refractivity contribution in [2.24, 2.45) is 0 Å². The average Bonchev–Trinajstić information content (AvgIpc) is 2.75. The molecule has 2 aromatic rings. The number of rotatable bonds is 8. The van der Waals surface area contributed by atoms with Crippen molar-refractivity contribution in [3.63, 3.8) is 0 Å². The van der Waals surface area contributed by atoms with Crippen LogP contribution in [0.2, 0.25) is 0 Å². The first kappa shape index (κ1) is 26.8. The summed E-state index contributed by atoms with van der Waals surface area (Å²) in [6.07, 6.45) is -4.49. The van der Waals surface area contributed by atoms with Gasteiger partial charge in [0.1, 0.15) is 23.7 Å². The van der Waals surface area contributed by atoms with Crippen molar-refractivity contribution in [1.82, 2.24) is 4.90 Å². The van der Waals surface area contributed by atoms with Crippen molar-refractivity contribution in [2.75, 3.05) is 26.2 Å². The minimum absolute atomic E-state index is 0.113. The second-order valence-electron chi connectivity index (χ2n) is 9.50. The predicted octanol–water partition coefficient (Wildman–Crippen LogP) is 5.58. The number of alkyl halides is 3. The van der Waals surface area contributed by atoms with Crippen LogP contribution in [-0.2, 0) is 20.9 Å². The molecule has 1 atom stereocenters. The van der Waals surface area contributed by atoms with Gasteiger partial charge in [-0.05, 0) is 68.7 Å². The Kier molecular flexibility index (Phi) is 8.66. The van der Waals surface area contributed by atoms with Crippen LogP contribution in [0.15, 0.2) is 42.5 Å². The van der Waals surface area contributed by atoms with Gasteiger partial charge in [0.15, 0.2) is 0 Å². The van der Waals surface area contributed by atoms with Gasteiger partial charge in [-0.1, -0.05) is 18.2 Å². The number of carbonyl (C=O) groups excluding carboxylic acids is 1. The van der Waals surface area contributed by atoms with Crippen LogP contribution < -0.4 is 9.47 Å². The molecule has 6 nitrogen and oxygen atoms in total. The van der Waals surface area contributed by atoms with Crippen molar-refractivity contribution in [2.45, 2.75) is 58.8 Å². The Morgan fingerprint density at radius 2 is 1.77 bits per heavy atom. The summed E-state index contributed by atoms with van der Waals surface area (Å²) in [5, 5.41) is 0. The second-order valence-corrected chi connectivity index (χ2v) is 9.50. The summed E-state index contributed by atoms with van der Waals surface area (Å²) in [7, 11) is 0. The van der Waals surface area contributed by atoms with Gasteiger partial charge in [-0.2, -0.15) is 0 Å². The molecule has 1 unspecified atom stereocenters. The Balaban J connectivity index is 1.52. The van der Waals surface area contributed by atoms with E-state index in [0.717, 1.165) is 23.2 Å². The Morgan fingerprint density at radius 1 is 1.09 bits per heavy atom. The molecule has 0 N–H and O–H groups in total. The highest BCUT2D eigenvalue weighted by atomic mass is 19.4. The first-order chi connectivity index (χ1) is 16.4. The molecule has 0 bridgehead atoms. The Morgan fingerprint density at radius 3 is 2.40 bits per heavy atom. The van der Waals surface area contributed by atoms with Crippen molar-refractivity contribution in [1.29, 1.82) is 0 Å². The van der Waals surface area contributed by atoms with Gasteiger partial charge in [-0.25, -0.2) is 0 Å². The summed E-state index contributed by atoms with van der Waals surface area (Å²) < 4.78 is 57.9. The number of hydrogen-bond acceptors (Lipinski definition) is 6. The molecule has 0 amide bonds. The fourth-order valence-electron chi connectivity index (χ4n) is 3.79. The fraction of sp³-hybridized carbons (Fsp3) is 0.500. The monoisotopic (exact) mass is 495 g/mol. The molecule has 1 saturated heterocycles. The van der Waals surface area contributed by atoms with E-state index in [1.165, 1.54) is 24.3 Å². The molecule has 2 aromatic carbocycles. The van der Waals surface area contributed by atoms with Gasteiger partial charge < -0.3 is 18.9 Å². The maximum absolute atomic E-state index is 12.3. The third kappa shape index (κ3) is 9.07. The number of hydrogen-bond donors (Lipinski definition) is 0. The molecule has 1 heterocycles. The number of carbonyl (C=O) groups is 1. The van der Waals surface area contributed by atoms with Crippen LogP contribution in [-0.4, -0.2) is 49.1 Å². The highest BCUT2D eigenvalue weighted by molar-refractivity contribution is 5.70. The van der Waals surface area contributed by atoms with Gasteiger partial charge >= 0.3 is 12.3 Å². The normalized spacial score (nSPS) is 17.2. The number of halogens is 3. The zero-order valence-electron chi connectivity index (χ0n) is 20.5. The highest BCUT2D eigenvalue weighted by Gasteiger charge is 2.31. The first-order valence-electron chi connectivity index (χ1n) is 11.5. The number of aryl methyl sites for hydroxylation is 1. The van der Waals surface area contributed by atoms with Crippen LogP contribution in [0.3, 0.4) is 0 Å². The van der Waals surface area contributed by atoms with Crippen molar-refractivity contribution >= 4 is 5.97 Å². The number of morpholine rings is 1. The van der Waals surface area contributed by atoms with Gasteiger partial charge in [0, 0.05) is 19.6 Å². The van der Waals surface area contributed by atoms with E-state index in [1.807, 2.05) is 45.9 Å². The standard InChI is InChI=1S/C26H32F3NO5/c1-18-15-21(33-17-19-5-7-20(8-6-19)34-26(27,28)29)9-10-22(18)23-16-30(13-14-32-23)12-11-24(31)35-25(2,3)4/h5-10,15,23H,11-14,16-17H2,1-4H3. The maximum atomic E-state index is 12.3. The second kappa shape index (κ2) is 11.3. The molecule has 3 rings (SSSR count). The minimum atomic E-state index is -4.71. The average molecular weight is 496 g/mol.